The Morgan fingerprint density at radius 1 is 1.44 bits per heavy atom. The summed E-state index contributed by atoms with van der Waals surface area (Å²) < 4.78 is 23.1. The van der Waals surface area contributed by atoms with Gasteiger partial charge in [-0.3, -0.25) is 0 Å². The molecule has 1 aliphatic carbocycles. The van der Waals surface area contributed by atoms with Crippen LogP contribution in [0.4, 0.5) is 0 Å². The Morgan fingerprint density at radius 2 is 2.19 bits per heavy atom. The van der Waals surface area contributed by atoms with E-state index >= 15 is 0 Å². The van der Waals surface area contributed by atoms with Gasteiger partial charge in [0.15, 0.2) is 9.84 Å². The first kappa shape index (κ1) is 10.7. The van der Waals surface area contributed by atoms with Crippen molar-refractivity contribution < 1.29 is 8.42 Å². The van der Waals surface area contributed by atoms with E-state index in [1.54, 1.807) is 11.3 Å². The number of aryl methyl sites for hydroxylation is 1. The highest BCUT2D eigenvalue weighted by Crippen LogP contribution is 2.51. The van der Waals surface area contributed by atoms with E-state index in [0.717, 1.165) is 18.4 Å². The zero-order valence-corrected chi connectivity index (χ0v) is 10.7. The third-order valence-electron chi connectivity index (χ3n) is 3.68. The lowest BCUT2D eigenvalue weighted by atomic mass is 10.0. The fraction of sp³-hybridized carbons (Fsp3) is 0.636. The van der Waals surface area contributed by atoms with Gasteiger partial charge in [0.2, 0.25) is 0 Å². The minimum absolute atomic E-state index is 0.200. The number of rotatable bonds is 2. The summed E-state index contributed by atoms with van der Waals surface area (Å²) >= 11 is 1.79. The lowest BCUT2D eigenvalue weighted by Crippen LogP contribution is -2.18. The molecular weight excluding hydrogens is 242 g/mol. The molecule has 0 saturated heterocycles. The standard InChI is InChI=1S/C11H15NO2S2/c12-7-11(2-3-11)10-5-8-6-16(13,14)4-1-9(8)15-10/h5H,1-4,6-7,12H2. The van der Waals surface area contributed by atoms with Gasteiger partial charge in [0.1, 0.15) is 0 Å². The van der Waals surface area contributed by atoms with E-state index in [-0.39, 0.29) is 11.2 Å². The van der Waals surface area contributed by atoms with Crippen molar-refractivity contribution in [2.75, 3.05) is 12.3 Å². The molecule has 0 atom stereocenters. The normalized spacial score (nSPS) is 25.1. The Bertz CT molecular complexity index is 526. The van der Waals surface area contributed by atoms with E-state index in [2.05, 4.69) is 6.07 Å². The molecule has 88 valence electrons. The largest absolute Gasteiger partial charge is 0.330 e. The maximum Gasteiger partial charge on any atom is 0.154 e. The highest BCUT2D eigenvalue weighted by Gasteiger charge is 2.44. The Balaban J connectivity index is 1.99. The predicted octanol–water partition coefficient (Wildman–Crippen LogP) is 1.21. The van der Waals surface area contributed by atoms with E-state index in [1.165, 1.54) is 9.75 Å². The molecule has 1 saturated carbocycles. The highest BCUT2D eigenvalue weighted by atomic mass is 32.2. The van der Waals surface area contributed by atoms with Crippen molar-refractivity contribution in [3.63, 3.8) is 0 Å². The maximum absolute atomic E-state index is 11.5. The van der Waals surface area contributed by atoms with E-state index in [1.807, 2.05) is 0 Å². The molecule has 1 aromatic heterocycles. The molecule has 0 amide bonds. The number of sulfone groups is 1. The van der Waals surface area contributed by atoms with Gasteiger partial charge >= 0.3 is 0 Å². The van der Waals surface area contributed by atoms with Crippen molar-refractivity contribution in [1.82, 2.24) is 0 Å². The molecule has 0 bridgehead atoms. The predicted molar refractivity (Wildman–Crippen MR) is 65.5 cm³/mol. The number of fused-ring (bicyclic) bond motifs is 1. The van der Waals surface area contributed by atoms with Crippen molar-refractivity contribution in [3.8, 4) is 0 Å². The fourth-order valence-electron chi connectivity index (χ4n) is 2.32. The van der Waals surface area contributed by atoms with Gasteiger partial charge in [0, 0.05) is 21.7 Å². The summed E-state index contributed by atoms with van der Waals surface area (Å²) in [5, 5.41) is 0. The van der Waals surface area contributed by atoms with Gasteiger partial charge in [0.25, 0.3) is 0 Å². The Morgan fingerprint density at radius 3 is 2.81 bits per heavy atom. The molecule has 2 N–H and O–H groups in total. The molecular formula is C11H15NO2S2. The van der Waals surface area contributed by atoms with E-state index in [0.29, 0.717) is 18.7 Å². The number of thiophene rings is 1. The van der Waals surface area contributed by atoms with Crippen LogP contribution < -0.4 is 5.73 Å². The smallest absolute Gasteiger partial charge is 0.154 e. The third-order valence-corrected chi connectivity index (χ3v) is 6.74. The molecule has 2 aliphatic rings. The van der Waals surface area contributed by atoms with Crippen molar-refractivity contribution >= 4 is 21.2 Å². The monoisotopic (exact) mass is 257 g/mol. The van der Waals surface area contributed by atoms with Gasteiger partial charge in [-0.1, -0.05) is 0 Å². The topological polar surface area (TPSA) is 60.2 Å². The molecule has 0 unspecified atom stereocenters. The second kappa shape index (κ2) is 3.31. The van der Waals surface area contributed by atoms with Crippen LogP contribution >= 0.6 is 11.3 Å². The van der Waals surface area contributed by atoms with Gasteiger partial charge in [-0.25, -0.2) is 8.42 Å². The maximum atomic E-state index is 11.5. The zero-order valence-electron chi connectivity index (χ0n) is 9.03. The van der Waals surface area contributed by atoms with Gasteiger partial charge in [-0.05, 0) is 30.9 Å². The number of hydrogen-bond acceptors (Lipinski definition) is 4. The number of nitrogens with two attached hydrogens (primary N) is 1. The molecule has 16 heavy (non-hydrogen) atoms. The molecule has 3 nitrogen and oxygen atoms in total. The third kappa shape index (κ3) is 1.61. The van der Waals surface area contributed by atoms with Crippen LogP contribution in [-0.2, 0) is 27.4 Å². The summed E-state index contributed by atoms with van der Waals surface area (Å²) in [7, 11) is -2.84. The molecule has 2 heterocycles. The molecule has 1 aromatic rings. The van der Waals surface area contributed by atoms with E-state index in [9.17, 15) is 8.42 Å². The summed E-state index contributed by atoms with van der Waals surface area (Å²) in [5.74, 6) is 0.551. The van der Waals surface area contributed by atoms with E-state index < -0.39 is 9.84 Å². The van der Waals surface area contributed by atoms with Gasteiger partial charge in [-0.2, -0.15) is 0 Å². The Kier molecular flexibility index (Phi) is 2.22. The van der Waals surface area contributed by atoms with Crippen LogP contribution in [0.3, 0.4) is 0 Å². The van der Waals surface area contributed by atoms with Crippen LogP contribution in [0, 0.1) is 0 Å². The van der Waals surface area contributed by atoms with Gasteiger partial charge in [-0.15, -0.1) is 11.3 Å². The van der Waals surface area contributed by atoms with Crippen LogP contribution in [0.1, 0.15) is 28.2 Å². The zero-order chi connectivity index (χ0) is 11.4. The second-order valence-corrected chi connectivity index (χ2v) is 8.21. The molecule has 1 aliphatic heterocycles. The lowest BCUT2D eigenvalue weighted by Gasteiger charge is -2.10. The molecule has 0 radical (unpaired) electrons. The molecule has 0 aromatic carbocycles. The summed E-state index contributed by atoms with van der Waals surface area (Å²) in [4.78, 5) is 2.58. The van der Waals surface area contributed by atoms with Crippen LogP contribution in [0.2, 0.25) is 0 Å². The van der Waals surface area contributed by atoms with Crippen LogP contribution in [0.5, 0.6) is 0 Å². The first-order valence-corrected chi connectivity index (χ1v) is 8.21. The lowest BCUT2D eigenvalue weighted by molar-refractivity contribution is 0.592. The highest BCUT2D eigenvalue weighted by molar-refractivity contribution is 7.90. The molecule has 3 rings (SSSR count). The minimum Gasteiger partial charge on any atom is -0.330 e. The Hall–Kier alpha value is -0.390. The first-order valence-electron chi connectivity index (χ1n) is 5.57. The summed E-state index contributed by atoms with van der Waals surface area (Å²) in [6, 6.07) is 2.09. The van der Waals surface area contributed by atoms with Crippen molar-refractivity contribution in [2.24, 2.45) is 5.73 Å². The Labute approximate surface area is 99.6 Å². The average Bonchev–Trinajstić information content (AvgIpc) is 2.92. The van der Waals surface area contributed by atoms with Crippen molar-refractivity contribution in [2.45, 2.75) is 30.4 Å². The summed E-state index contributed by atoms with van der Waals surface area (Å²) in [6.07, 6.45) is 3.02. The number of hydrogen-bond donors (Lipinski definition) is 1. The van der Waals surface area contributed by atoms with Crippen molar-refractivity contribution in [3.05, 3.63) is 21.4 Å². The first-order chi connectivity index (χ1) is 7.55. The summed E-state index contributed by atoms with van der Waals surface area (Å²) in [6.45, 7) is 0.694. The fourth-order valence-corrected chi connectivity index (χ4v) is 5.37. The van der Waals surface area contributed by atoms with E-state index in [4.69, 9.17) is 5.73 Å². The molecule has 1 fully saturated rings. The minimum atomic E-state index is -2.84. The molecule has 5 heteroatoms. The summed E-state index contributed by atoms with van der Waals surface area (Å²) in [5.41, 5.74) is 7.03. The molecule has 0 spiro atoms. The van der Waals surface area contributed by atoms with Crippen LogP contribution in [0.15, 0.2) is 6.07 Å². The quantitative estimate of drug-likeness (QED) is 0.866. The van der Waals surface area contributed by atoms with Crippen LogP contribution in [0.25, 0.3) is 0 Å². The second-order valence-electron chi connectivity index (χ2n) is 4.89. The van der Waals surface area contributed by atoms with Gasteiger partial charge < -0.3 is 5.73 Å². The van der Waals surface area contributed by atoms with Crippen LogP contribution in [-0.4, -0.2) is 20.7 Å². The SMILES string of the molecule is NCC1(c2cc3c(s2)CCS(=O)(=O)C3)CC1. The van der Waals surface area contributed by atoms with Gasteiger partial charge in [0.05, 0.1) is 11.5 Å². The van der Waals surface area contributed by atoms with Crippen molar-refractivity contribution in [1.29, 1.82) is 0 Å². The average molecular weight is 257 g/mol.